The van der Waals surface area contributed by atoms with Gasteiger partial charge in [-0.05, 0) is 54.7 Å². The van der Waals surface area contributed by atoms with Crippen LogP contribution in [0.1, 0.15) is 54.7 Å². The summed E-state index contributed by atoms with van der Waals surface area (Å²) in [5, 5.41) is 0.389. The van der Waals surface area contributed by atoms with E-state index >= 15 is 0 Å². The van der Waals surface area contributed by atoms with Gasteiger partial charge in [0.15, 0.2) is 0 Å². The van der Waals surface area contributed by atoms with Crippen LogP contribution in [0.15, 0.2) is 42.5 Å². The molecule has 0 aromatic heterocycles. The van der Waals surface area contributed by atoms with E-state index in [1.165, 1.54) is 43.7 Å². The highest BCUT2D eigenvalue weighted by Gasteiger charge is 2.14. The number of rotatable bonds is 1. The molecule has 0 spiro atoms. The minimum atomic E-state index is -0.376. The number of halogens is 2. The Kier molecular flexibility index (Phi) is 4.80. The highest BCUT2D eigenvalue weighted by atomic mass is 35.5. The maximum Gasteiger partial charge on any atom is 0.140 e. The van der Waals surface area contributed by atoms with Crippen molar-refractivity contribution in [2.75, 3.05) is 0 Å². The van der Waals surface area contributed by atoms with Gasteiger partial charge in [0, 0.05) is 10.6 Å². The van der Waals surface area contributed by atoms with Crippen LogP contribution in [-0.2, 0) is 0 Å². The standard InChI is InChI=1S/C20H18ClF/c21-19-13-12-18(20(22)14-19)11-8-15-6-9-17(10-7-15)16-4-2-1-3-5-16/h6-7,9-10,12-14,16H,1-5H2. The van der Waals surface area contributed by atoms with Crippen molar-refractivity contribution in [3.8, 4) is 11.8 Å². The van der Waals surface area contributed by atoms with Crippen LogP contribution in [0, 0.1) is 17.7 Å². The highest BCUT2D eigenvalue weighted by molar-refractivity contribution is 6.30. The van der Waals surface area contributed by atoms with Crippen molar-refractivity contribution in [1.82, 2.24) is 0 Å². The fourth-order valence-electron chi connectivity index (χ4n) is 3.00. The first-order valence-corrected chi connectivity index (χ1v) is 8.17. The molecule has 0 N–H and O–H groups in total. The molecule has 3 rings (SSSR count). The first-order chi connectivity index (χ1) is 10.7. The lowest BCUT2D eigenvalue weighted by molar-refractivity contribution is 0.443. The molecule has 1 aliphatic carbocycles. The summed E-state index contributed by atoms with van der Waals surface area (Å²) in [4.78, 5) is 0. The Bertz CT molecular complexity index is 701. The van der Waals surface area contributed by atoms with E-state index in [1.54, 1.807) is 12.1 Å². The summed E-state index contributed by atoms with van der Waals surface area (Å²) >= 11 is 5.74. The average molecular weight is 313 g/mol. The summed E-state index contributed by atoms with van der Waals surface area (Å²) < 4.78 is 13.7. The fraction of sp³-hybridized carbons (Fsp3) is 0.300. The SMILES string of the molecule is Fc1cc(Cl)ccc1C#Cc1ccc(C2CCCCC2)cc1. The van der Waals surface area contributed by atoms with Gasteiger partial charge in [-0.25, -0.2) is 4.39 Å². The van der Waals surface area contributed by atoms with Crippen molar-refractivity contribution in [3.05, 3.63) is 70.0 Å². The molecule has 2 aromatic rings. The molecule has 0 aliphatic heterocycles. The normalized spacial score (nSPS) is 15.2. The van der Waals surface area contributed by atoms with E-state index in [2.05, 4.69) is 24.0 Å². The molecule has 0 atom stereocenters. The van der Waals surface area contributed by atoms with E-state index in [0.717, 1.165) is 5.56 Å². The molecule has 22 heavy (non-hydrogen) atoms. The van der Waals surface area contributed by atoms with Gasteiger partial charge in [-0.15, -0.1) is 0 Å². The van der Waals surface area contributed by atoms with Gasteiger partial charge in [-0.3, -0.25) is 0 Å². The molecule has 2 heteroatoms. The van der Waals surface area contributed by atoms with Crippen LogP contribution in [0.25, 0.3) is 0 Å². The lowest BCUT2D eigenvalue weighted by atomic mass is 9.84. The van der Waals surface area contributed by atoms with Crippen LogP contribution < -0.4 is 0 Å². The molecule has 0 radical (unpaired) electrons. The van der Waals surface area contributed by atoms with Crippen LogP contribution in [-0.4, -0.2) is 0 Å². The van der Waals surface area contributed by atoms with Crippen molar-refractivity contribution in [1.29, 1.82) is 0 Å². The highest BCUT2D eigenvalue weighted by Crippen LogP contribution is 2.32. The Morgan fingerprint density at radius 1 is 0.909 bits per heavy atom. The Morgan fingerprint density at radius 3 is 2.32 bits per heavy atom. The fourth-order valence-corrected chi connectivity index (χ4v) is 3.16. The molecule has 0 unspecified atom stereocenters. The zero-order valence-electron chi connectivity index (χ0n) is 12.4. The lowest BCUT2D eigenvalue weighted by Crippen LogP contribution is -2.04. The van der Waals surface area contributed by atoms with Gasteiger partial charge in [-0.1, -0.05) is 54.8 Å². The Morgan fingerprint density at radius 2 is 1.64 bits per heavy atom. The van der Waals surface area contributed by atoms with Crippen LogP contribution in [0.5, 0.6) is 0 Å². The Labute approximate surface area is 136 Å². The quantitative estimate of drug-likeness (QED) is 0.573. The predicted octanol–water partition coefficient (Wildman–Crippen LogP) is 5.93. The van der Waals surface area contributed by atoms with Crippen molar-refractivity contribution in [3.63, 3.8) is 0 Å². The van der Waals surface area contributed by atoms with E-state index < -0.39 is 0 Å². The molecule has 112 valence electrons. The second kappa shape index (κ2) is 6.99. The van der Waals surface area contributed by atoms with Crippen LogP contribution in [0.4, 0.5) is 4.39 Å². The molecule has 0 nitrogen and oxygen atoms in total. The molecule has 2 aromatic carbocycles. The molecule has 1 saturated carbocycles. The second-order valence-corrected chi connectivity index (χ2v) is 6.27. The van der Waals surface area contributed by atoms with E-state index in [4.69, 9.17) is 11.6 Å². The lowest BCUT2D eigenvalue weighted by Gasteiger charge is -2.21. The van der Waals surface area contributed by atoms with Crippen LogP contribution >= 0.6 is 11.6 Å². The summed E-state index contributed by atoms with van der Waals surface area (Å²) in [7, 11) is 0. The summed E-state index contributed by atoms with van der Waals surface area (Å²) in [6.45, 7) is 0. The molecular weight excluding hydrogens is 295 g/mol. The third kappa shape index (κ3) is 3.70. The summed E-state index contributed by atoms with van der Waals surface area (Å²) in [6, 6.07) is 12.9. The third-order valence-electron chi connectivity index (χ3n) is 4.26. The average Bonchev–Trinajstić information content (AvgIpc) is 2.55. The van der Waals surface area contributed by atoms with Gasteiger partial charge >= 0.3 is 0 Å². The van der Waals surface area contributed by atoms with Crippen molar-refractivity contribution >= 4 is 11.6 Å². The van der Waals surface area contributed by atoms with Gasteiger partial charge in [-0.2, -0.15) is 0 Å². The first kappa shape index (κ1) is 15.1. The smallest absolute Gasteiger partial charge is 0.140 e. The summed E-state index contributed by atoms with van der Waals surface area (Å²) in [5.74, 6) is 6.21. The second-order valence-electron chi connectivity index (χ2n) is 5.83. The zero-order valence-corrected chi connectivity index (χ0v) is 13.2. The van der Waals surface area contributed by atoms with Crippen molar-refractivity contribution in [2.45, 2.75) is 38.0 Å². The summed E-state index contributed by atoms with van der Waals surface area (Å²) in [5.41, 5.74) is 2.69. The van der Waals surface area contributed by atoms with E-state index in [9.17, 15) is 4.39 Å². The van der Waals surface area contributed by atoms with Gasteiger partial charge < -0.3 is 0 Å². The van der Waals surface area contributed by atoms with Crippen LogP contribution in [0.2, 0.25) is 5.02 Å². The number of benzene rings is 2. The van der Waals surface area contributed by atoms with E-state index in [-0.39, 0.29) is 5.82 Å². The van der Waals surface area contributed by atoms with E-state index in [1.807, 2.05) is 12.1 Å². The van der Waals surface area contributed by atoms with Gasteiger partial charge in [0.25, 0.3) is 0 Å². The van der Waals surface area contributed by atoms with Crippen molar-refractivity contribution < 1.29 is 4.39 Å². The number of hydrogen-bond donors (Lipinski definition) is 0. The minimum absolute atomic E-state index is 0.376. The minimum Gasteiger partial charge on any atom is -0.206 e. The largest absolute Gasteiger partial charge is 0.206 e. The Hall–Kier alpha value is -1.78. The van der Waals surface area contributed by atoms with Crippen LogP contribution in [0.3, 0.4) is 0 Å². The summed E-state index contributed by atoms with van der Waals surface area (Å²) in [6.07, 6.45) is 6.62. The topological polar surface area (TPSA) is 0 Å². The first-order valence-electron chi connectivity index (χ1n) is 7.79. The predicted molar refractivity (Wildman–Crippen MR) is 89.7 cm³/mol. The molecule has 0 amide bonds. The maximum atomic E-state index is 13.7. The molecule has 0 heterocycles. The molecular formula is C20H18ClF. The maximum absolute atomic E-state index is 13.7. The van der Waals surface area contributed by atoms with Gasteiger partial charge in [0.1, 0.15) is 5.82 Å². The van der Waals surface area contributed by atoms with Gasteiger partial charge in [0.05, 0.1) is 5.56 Å². The molecule has 0 saturated heterocycles. The monoisotopic (exact) mass is 312 g/mol. The number of hydrogen-bond acceptors (Lipinski definition) is 0. The van der Waals surface area contributed by atoms with E-state index in [0.29, 0.717) is 16.5 Å². The molecule has 1 aliphatic rings. The third-order valence-corrected chi connectivity index (χ3v) is 4.49. The molecule has 1 fully saturated rings. The zero-order chi connectivity index (χ0) is 15.4. The molecule has 0 bridgehead atoms. The Balaban J connectivity index is 1.75. The van der Waals surface area contributed by atoms with Crippen molar-refractivity contribution in [2.24, 2.45) is 0 Å². The van der Waals surface area contributed by atoms with Gasteiger partial charge in [0.2, 0.25) is 0 Å².